The number of nitrogens with zero attached hydrogens (tertiary/aromatic N) is 1. The summed E-state index contributed by atoms with van der Waals surface area (Å²) in [7, 11) is -3.83. The molecule has 2 aromatic rings. The predicted molar refractivity (Wildman–Crippen MR) is 83.3 cm³/mol. The van der Waals surface area contributed by atoms with Crippen LogP contribution in [0.25, 0.3) is 0 Å². The molecule has 21 heavy (non-hydrogen) atoms. The zero-order valence-corrected chi connectivity index (χ0v) is 13.5. The number of nitrogens with one attached hydrogen (secondary N) is 2. The molecule has 0 aliphatic rings. The predicted octanol–water partition coefficient (Wildman–Crippen LogP) is 3.22. The summed E-state index contributed by atoms with van der Waals surface area (Å²) in [6.45, 7) is 2.38. The van der Waals surface area contributed by atoms with E-state index < -0.39 is 15.8 Å². The number of benzene rings is 1. The molecule has 0 radical (unpaired) electrons. The van der Waals surface area contributed by atoms with Crippen LogP contribution in [0.2, 0.25) is 0 Å². The largest absolute Gasteiger partial charge is 0.369 e. The summed E-state index contributed by atoms with van der Waals surface area (Å²) >= 11 is 3.20. The fourth-order valence-electron chi connectivity index (χ4n) is 1.65. The number of hydrogen-bond donors (Lipinski definition) is 2. The fraction of sp³-hybridized carbons (Fsp3) is 0.154. The van der Waals surface area contributed by atoms with Crippen LogP contribution in [0.15, 0.2) is 45.9 Å². The van der Waals surface area contributed by atoms with Gasteiger partial charge in [-0.1, -0.05) is 0 Å². The van der Waals surface area contributed by atoms with Crippen LogP contribution < -0.4 is 10.0 Å². The van der Waals surface area contributed by atoms with Gasteiger partial charge in [0, 0.05) is 22.9 Å². The molecule has 0 spiro atoms. The molecule has 8 heteroatoms. The Kier molecular flexibility index (Phi) is 4.79. The van der Waals surface area contributed by atoms with E-state index in [1.165, 1.54) is 36.5 Å². The van der Waals surface area contributed by atoms with Gasteiger partial charge >= 0.3 is 0 Å². The van der Waals surface area contributed by atoms with Gasteiger partial charge in [-0.3, -0.25) is 4.72 Å². The van der Waals surface area contributed by atoms with Crippen LogP contribution in [0.4, 0.5) is 15.9 Å². The summed E-state index contributed by atoms with van der Waals surface area (Å²) in [6.07, 6.45) is 1.51. The third kappa shape index (κ3) is 3.92. The highest BCUT2D eigenvalue weighted by Gasteiger charge is 2.20. The fourth-order valence-corrected chi connectivity index (χ4v) is 3.35. The minimum absolute atomic E-state index is 0.0167. The second-order valence-corrected chi connectivity index (χ2v) is 6.71. The van der Waals surface area contributed by atoms with Gasteiger partial charge < -0.3 is 5.32 Å². The monoisotopic (exact) mass is 373 g/mol. The van der Waals surface area contributed by atoms with Gasteiger partial charge in [-0.25, -0.2) is 17.8 Å². The smallest absolute Gasteiger partial charge is 0.265 e. The van der Waals surface area contributed by atoms with Gasteiger partial charge in [0.2, 0.25) is 0 Å². The topological polar surface area (TPSA) is 71.1 Å². The highest BCUT2D eigenvalue weighted by molar-refractivity contribution is 9.10. The summed E-state index contributed by atoms with van der Waals surface area (Å²) in [6, 6.07) is 6.53. The number of rotatable bonds is 5. The van der Waals surface area contributed by atoms with E-state index in [0.29, 0.717) is 11.0 Å². The molecule has 0 fully saturated rings. The average molecular weight is 374 g/mol. The maximum absolute atomic E-state index is 12.9. The maximum atomic E-state index is 12.9. The van der Waals surface area contributed by atoms with Gasteiger partial charge in [0.25, 0.3) is 10.0 Å². The van der Waals surface area contributed by atoms with Gasteiger partial charge in [-0.05, 0) is 53.2 Å². The van der Waals surface area contributed by atoms with Gasteiger partial charge in [-0.15, -0.1) is 0 Å². The Labute approximate surface area is 130 Å². The molecule has 0 saturated heterocycles. The van der Waals surface area contributed by atoms with Gasteiger partial charge in [0.15, 0.2) is 0 Å². The van der Waals surface area contributed by atoms with Crippen molar-refractivity contribution in [1.82, 2.24) is 4.98 Å². The Balaban J connectivity index is 2.39. The van der Waals surface area contributed by atoms with Gasteiger partial charge in [-0.2, -0.15) is 0 Å². The van der Waals surface area contributed by atoms with Crippen LogP contribution in [0.3, 0.4) is 0 Å². The second-order valence-electron chi connectivity index (χ2n) is 4.14. The molecule has 0 bridgehead atoms. The molecule has 1 aromatic carbocycles. The number of anilines is 2. The normalized spacial score (nSPS) is 11.2. The Morgan fingerprint density at radius 2 is 1.95 bits per heavy atom. The molecule has 1 heterocycles. The molecule has 1 aromatic heterocycles. The molecule has 0 aliphatic heterocycles. The first kappa shape index (κ1) is 15.7. The Bertz CT molecular complexity index is 736. The number of halogens is 2. The highest BCUT2D eigenvalue weighted by Crippen LogP contribution is 2.25. The molecule has 112 valence electrons. The number of aromatic nitrogens is 1. The maximum Gasteiger partial charge on any atom is 0.265 e. The van der Waals surface area contributed by atoms with E-state index in [4.69, 9.17) is 0 Å². The molecular formula is C13H13BrFN3O2S. The third-order valence-corrected chi connectivity index (χ3v) is 4.38. The molecule has 5 nitrogen and oxygen atoms in total. The molecule has 0 amide bonds. The summed E-state index contributed by atoms with van der Waals surface area (Å²) in [4.78, 5) is 4.07. The summed E-state index contributed by atoms with van der Waals surface area (Å²) in [5.74, 6) is -0.175. The van der Waals surface area contributed by atoms with Crippen LogP contribution in [0.1, 0.15) is 6.92 Å². The highest BCUT2D eigenvalue weighted by atomic mass is 79.9. The molecule has 0 saturated carbocycles. The zero-order valence-electron chi connectivity index (χ0n) is 11.1. The van der Waals surface area contributed by atoms with E-state index >= 15 is 0 Å². The second kappa shape index (κ2) is 6.40. The van der Waals surface area contributed by atoms with Crippen molar-refractivity contribution in [3.05, 3.63) is 46.8 Å². The van der Waals surface area contributed by atoms with Crippen LogP contribution in [0.5, 0.6) is 0 Å². The van der Waals surface area contributed by atoms with Crippen LogP contribution in [-0.4, -0.2) is 19.9 Å². The lowest BCUT2D eigenvalue weighted by molar-refractivity contribution is 0.601. The van der Waals surface area contributed by atoms with Crippen molar-refractivity contribution < 1.29 is 12.8 Å². The third-order valence-electron chi connectivity index (χ3n) is 2.55. The summed E-state index contributed by atoms with van der Waals surface area (Å²) in [5.41, 5.74) is 0.277. The van der Waals surface area contributed by atoms with Gasteiger partial charge in [0.05, 0.1) is 0 Å². The van der Waals surface area contributed by atoms with Crippen molar-refractivity contribution in [3.8, 4) is 0 Å². The lowest BCUT2D eigenvalue weighted by Gasteiger charge is -2.12. The zero-order chi connectivity index (χ0) is 15.5. The van der Waals surface area contributed by atoms with Crippen LogP contribution >= 0.6 is 15.9 Å². The van der Waals surface area contributed by atoms with E-state index in [0.717, 1.165) is 0 Å². The summed E-state index contributed by atoms with van der Waals surface area (Å²) in [5, 5.41) is 2.89. The van der Waals surface area contributed by atoms with Crippen molar-refractivity contribution in [2.24, 2.45) is 0 Å². The quantitative estimate of drug-likeness (QED) is 0.843. The van der Waals surface area contributed by atoms with Crippen molar-refractivity contribution >= 4 is 37.5 Å². The molecule has 0 atom stereocenters. The molecular weight excluding hydrogens is 361 g/mol. The molecule has 2 rings (SSSR count). The molecule has 0 aliphatic carbocycles. The van der Waals surface area contributed by atoms with Crippen molar-refractivity contribution in [2.45, 2.75) is 11.8 Å². The van der Waals surface area contributed by atoms with Crippen molar-refractivity contribution in [1.29, 1.82) is 0 Å². The molecule has 2 N–H and O–H groups in total. The number of sulfonamides is 1. The Morgan fingerprint density at radius 1 is 1.29 bits per heavy atom. The lowest BCUT2D eigenvalue weighted by Crippen LogP contribution is -2.16. The Morgan fingerprint density at radius 3 is 2.57 bits per heavy atom. The van der Waals surface area contributed by atoms with Crippen LogP contribution in [0, 0.1) is 5.82 Å². The first-order chi connectivity index (χ1) is 9.92. The van der Waals surface area contributed by atoms with Crippen molar-refractivity contribution in [3.63, 3.8) is 0 Å². The van der Waals surface area contributed by atoms with E-state index in [9.17, 15) is 12.8 Å². The summed E-state index contributed by atoms with van der Waals surface area (Å²) < 4.78 is 40.7. The SMILES string of the molecule is CCNc1ncc(Br)cc1S(=O)(=O)Nc1ccc(F)cc1. The minimum atomic E-state index is -3.83. The standard InChI is InChI=1S/C13H13BrFN3O2S/c1-2-16-13-12(7-9(14)8-17-13)21(19,20)18-11-5-3-10(15)4-6-11/h3-8,18H,2H2,1H3,(H,16,17). The first-order valence-electron chi connectivity index (χ1n) is 6.10. The van der Waals surface area contributed by atoms with Crippen molar-refractivity contribution in [2.75, 3.05) is 16.6 Å². The van der Waals surface area contributed by atoms with Gasteiger partial charge in [0.1, 0.15) is 16.5 Å². The number of pyridine rings is 1. The van der Waals surface area contributed by atoms with E-state index in [1.54, 1.807) is 0 Å². The van der Waals surface area contributed by atoms with E-state index in [2.05, 4.69) is 31.0 Å². The average Bonchev–Trinajstić information content (AvgIpc) is 2.43. The van der Waals surface area contributed by atoms with Crippen LogP contribution in [-0.2, 0) is 10.0 Å². The van der Waals surface area contributed by atoms with E-state index in [1.807, 2.05) is 6.92 Å². The Hall–Kier alpha value is -1.67. The molecule has 0 unspecified atom stereocenters. The van der Waals surface area contributed by atoms with E-state index in [-0.39, 0.29) is 16.4 Å². The first-order valence-corrected chi connectivity index (χ1v) is 8.38. The lowest BCUT2D eigenvalue weighted by atomic mass is 10.3. The number of hydrogen-bond acceptors (Lipinski definition) is 4. The minimum Gasteiger partial charge on any atom is -0.369 e.